The maximum atomic E-state index is 14.9. The Morgan fingerprint density at radius 1 is 1.27 bits per heavy atom. The van der Waals surface area contributed by atoms with Gasteiger partial charge in [0.05, 0.1) is 16.6 Å². The van der Waals surface area contributed by atoms with Gasteiger partial charge in [-0.05, 0) is 58.1 Å². The van der Waals surface area contributed by atoms with Gasteiger partial charge < -0.3 is 15.0 Å². The van der Waals surface area contributed by atoms with Crippen molar-refractivity contribution in [3.63, 3.8) is 0 Å². The molecule has 4 rings (SSSR count). The number of halogens is 1. The van der Waals surface area contributed by atoms with E-state index in [1.54, 1.807) is 31.4 Å². The number of fused-ring (bicyclic) bond motifs is 1. The number of rotatable bonds is 4. The van der Waals surface area contributed by atoms with Gasteiger partial charge in [0, 0.05) is 25.7 Å². The number of aromatic nitrogens is 2. The Hall–Kier alpha value is -2.84. The van der Waals surface area contributed by atoms with Crippen LogP contribution in [0.4, 0.5) is 14.9 Å². The number of hydrogen-bond donors (Lipinski definition) is 2. The van der Waals surface area contributed by atoms with Crippen molar-refractivity contribution in [1.29, 1.82) is 0 Å². The number of nitrogens with one attached hydrogen (secondary N) is 2. The number of aromatic amines is 1. The first kappa shape index (κ1) is 20.4. The van der Waals surface area contributed by atoms with Gasteiger partial charge in [0.1, 0.15) is 11.4 Å². The quantitative estimate of drug-likeness (QED) is 0.795. The first-order valence-electron chi connectivity index (χ1n) is 10.3. The fraction of sp³-hybridized carbons (Fsp3) is 0.571. The maximum Gasteiger partial charge on any atom is 0.407 e. The number of anilines is 1. The average Bonchev–Trinajstić information content (AvgIpc) is 3.35. The fourth-order valence-electron chi connectivity index (χ4n) is 3.96. The summed E-state index contributed by atoms with van der Waals surface area (Å²) < 4.78 is 21.7. The highest BCUT2D eigenvalue weighted by molar-refractivity contribution is 5.82. The Bertz CT molecular complexity index is 1100. The number of benzene rings is 1. The van der Waals surface area contributed by atoms with Crippen LogP contribution in [0.5, 0.6) is 0 Å². The van der Waals surface area contributed by atoms with Gasteiger partial charge in [0.25, 0.3) is 5.56 Å². The number of carbonyl (C=O) groups excluding carboxylic acids is 1. The van der Waals surface area contributed by atoms with E-state index in [2.05, 4.69) is 10.3 Å². The topological polar surface area (TPSA) is 96.4 Å². The SMILES string of the molecule is CC(C)(C)OC(=O)NCC1CCN(c2cc3c(cc2F)c(=O)[nH]c(=O)n3C2CC2)C1. The zero-order valence-electron chi connectivity index (χ0n) is 17.5. The third-order valence-electron chi connectivity index (χ3n) is 5.48. The Balaban J connectivity index is 1.53. The molecule has 0 bridgehead atoms. The average molecular weight is 418 g/mol. The van der Waals surface area contributed by atoms with Crippen LogP contribution < -0.4 is 21.5 Å². The molecule has 2 aliphatic rings. The van der Waals surface area contributed by atoms with Gasteiger partial charge in [-0.3, -0.25) is 14.3 Å². The van der Waals surface area contributed by atoms with Gasteiger partial charge in [-0.15, -0.1) is 0 Å². The third-order valence-corrected chi connectivity index (χ3v) is 5.48. The van der Waals surface area contributed by atoms with E-state index in [1.165, 1.54) is 6.07 Å². The van der Waals surface area contributed by atoms with Gasteiger partial charge in [-0.25, -0.2) is 14.0 Å². The number of carbonyl (C=O) groups is 1. The highest BCUT2D eigenvalue weighted by Gasteiger charge is 2.30. The predicted octanol–water partition coefficient (Wildman–Crippen LogP) is 2.51. The number of amides is 1. The van der Waals surface area contributed by atoms with Crippen LogP contribution in [0.15, 0.2) is 21.7 Å². The Morgan fingerprint density at radius 3 is 2.67 bits per heavy atom. The Labute approximate surface area is 173 Å². The molecule has 0 spiro atoms. The molecule has 1 saturated carbocycles. The van der Waals surface area contributed by atoms with Crippen molar-refractivity contribution in [2.24, 2.45) is 5.92 Å². The summed E-state index contributed by atoms with van der Waals surface area (Å²) in [7, 11) is 0. The Morgan fingerprint density at radius 2 is 2.00 bits per heavy atom. The summed E-state index contributed by atoms with van der Waals surface area (Å²) in [5.74, 6) is -0.341. The van der Waals surface area contributed by atoms with Crippen molar-refractivity contribution >= 4 is 22.7 Å². The van der Waals surface area contributed by atoms with Gasteiger partial charge in [0.2, 0.25) is 0 Å². The van der Waals surface area contributed by atoms with Crippen LogP contribution in [0, 0.1) is 11.7 Å². The lowest BCUT2D eigenvalue weighted by atomic mass is 10.1. The zero-order chi connectivity index (χ0) is 21.6. The summed E-state index contributed by atoms with van der Waals surface area (Å²) in [5, 5.41) is 2.96. The van der Waals surface area contributed by atoms with Gasteiger partial charge in [-0.1, -0.05) is 0 Å². The standard InChI is InChI=1S/C21H27FN4O4/c1-21(2,3)30-20(29)23-10-12-6-7-25(11-12)17-9-16-14(8-15(17)22)18(27)24-19(28)26(16)13-4-5-13/h8-9,12-13H,4-7,10-11H2,1-3H3,(H,23,29)(H,24,27,28). The summed E-state index contributed by atoms with van der Waals surface area (Å²) in [6.07, 6.45) is 2.06. The maximum absolute atomic E-state index is 14.9. The number of hydrogen-bond acceptors (Lipinski definition) is 5. The minimum Gasteiger partial charge on any atom is -0.444 e. The predicted molar refractivity (Wildman–Crippen MR) is 112 cm³/mol. The van der Waals surface area contributed by atoms with Gasteiger partial charge in [0.15, 0.2) is 0 Å². The molecular weight excluding hydrogens is 391 g/mol. The normalized spacial score (nSPS) is 19.3. The second kappa shape index (κ2) is 7.45. The van der Waals surface area contributed by atoms with Crippen LogP contribution >= 0.6 is 0 Å². The monoisotopic (exact) mass is 418 g/mol. The summed E-state index contributed by atoms with van der Waals surface area (Å²) in [4.78, 5) is 40.5. The molecule has 8 nitrogen and oxygen atoms in total. The highest BCUT2D eigenvalue weighted by atomic mass is 19.1. The molecule has 1 amide bonds. The van der Waals surface area contributed by atoms with Gasteiger partial charge >= 0.3 is 11.8 Å². The lowest BCUT2D eigenvalue weighted by molar-refractivity contribution is 0.0520. The van der Waals surface area contributed by atoms with E-state index in [-0.39, 0.29) is 17.3 Å². The minimum absolute atomic E-state index is 0.0551. The molecule has 2 aromatic rings. The van der Waals surface area contributed by atoms with E-state index in [0.717, 1.165) is 19.3 Å². The summed E-state index contributed by atoms with van der Waals surface area (Å²) in [6, 6.07) is 2.89. The van der Waals surface area contributed by atoms with Crippen LogP contribution in [0.25, 0.3) is 10.9 Å². The molecular formula is C21H27FN4O4. The number of alkyl carbamates (subject to hydrolysis) is 1. The second-order valence-corrected chi connectivity index (χ2v) is 9.16. The minimum atomic E-state index is -0.571. The molecule has 2 N–H and O–H groups in total. The van der Waals surface area contributed by atoms with Gasteiger partial charge in [-0.2, -0.15) is 0 Å². The zero-order valence-corrected chi connectivity index (χ0v) is 17.5. The third kappa shape index (κ3) is 4.20. The van der Waals surface area contributed by atoms with E-state index >= 15 is 0 Å². The van der Waals surface area contributed by atoms with Crippen molar-refractivity contribution in [3.05, 3.63) is 38.8 Å². The molecule has 1 aliphatic carbocycles. The molecule has 162 valence electrons. The Kier molecular flexibility index (Phi) is 5.07. The molecule has 9 heteroatoms. The van der Waals surface area contributed by atoms with Crippen molar-refractivity contribution in [1.82, 2.24) is 14.9 Å². The van der Waals surface area contributed by atoms with Crippen LogP contribution in [0.3, 0.4) is 0 Å². The van der Waals surface area contributed by atoms with Crippen molar-refractivity contribution in [3.8, 4) is 0 Å². The number of ether oxygens (including phenoxy) is 1. The van der Waals surface area contributed by atoms with Crippen molar-refractivity contribution < 1.29 is 13.9 Å². The lowest BCUT2D eigenvalue weighted by Crippen LogP contribution is -2.36. The van der Waals surface area contributed by atoms with E-state index in [4.69, 9.17) is 4.74 Å². The second-order valence-electron chi connectivity index (χ2n) is 9.16. The molecule has 1 aromatic heterocycles. The molecule has 30 heavy (non-hydrogen) atoms. The van der Waals surface area contributed by atoms with E-state index < -0.39 is 28.8 Å². The van der Waals surface area contributed by atoms with Crippen LogP contribution in [0.1, 0.15) is 46.1 Å². The van der Waals surface area contributed by atoms with Crippen LogP contribution in [-0.4, -0.2) is 40.9 Å². The molecule has 1 atom stereocenters. The van der Waals surface area contributed by atoms with Crippen molar-refractivity contribution in [2.75, 3.05) is 24.5 Å². The number of nitrogens with zero attached hydrogens (tertiary/aromatic N) is 2. The number of H-pyrrole nitrogens is 1. The molecule has 0 radical (unpaired) electrons. The van der Waals surface area contributed by atoms with Crippen LogP contribution in [-0.2, 0) is 4.74 Å². The van der Waals surface area contributed by atoms with Crippen molar-refractivity contribution in [2.45, 2.75) is 51.7 Å². The summed E-state index contributed by atoms with van der Waals surface area (Å²) in [5.41, 5.74) is -0.735. The largest absolute Gasteiger partial charge is 0.444 e. The smallest absolute Gasteiger partial charge is 0.407 e. The lowest BCUT2D eigenvalue weighted by Gasteiger charge is -2.22. The van der Waals surface area contributed by atoms with E-state index in [9.17, 15) is 18.8 Å². The van der Waals surface area contributed by atoms with Crippen LogP contribution in [0.2, 0.25) is 0 Å². The molecule has 1 aromatic carbocycles. The molecule has 1 unspecified atom stereocenters. The first-order chi connectivity index (χ1) is 14.1. The first-order valence-corrected chi connectivity index (χ1v) is 10.3. The summed E-state index contributed by atoms with van der Waals surface area (Å²) in [6.45, 7) is 7.04. The summed E-state index contributed by atoms with van der Waals surface area (Å²) >= 11 is 0. The van der Waals surface area contributed by atoms with E-state index in [1.807, 2.05) is 4.90 Å². The van der Waals surface area contributed by atoms with E-state index in [0.29, 0.717) is 30.8 Å². The molecule has 2 fully saturated rings. The fourth-order valence-corrected chi connectivity index (χ4v) is 3.96. The molecule has 2 heterocycles. The molecule has 1 saturated heterocycles. The molecule has 1 aliphatic heterocycles. The highest BCUT2D eigenvalue weighted by Crippen LogP contribution is 2.36.